The Hall–Kier alpha value is -1.65. The van der Waals surface area contributed by atoms with Crippen LogP contribution >= 0.6 is 11.6 Å². The van der Waals surface area contributed by atoms with Gasteiger partial charge < -0.3 is 10.1 Å². The maximum absolute atomic E-state index is 5.83. The zero-order chi connectivity index (χ0) is 14.4. The van der Waals surface area contributed by atoms with E-state index in [-0.39, 0.29) is 0 Å². The summed E-state index contributed by atoms with van der Waals surface area (Å²) in [7, 11) is 0. The molecule has 106 valence electrons. The van der Waals surface area contributed by atoms with E-state index in [9.17, 15) is 0 Å². The van der Waals surface area contributed by atoms with E-state index in [1.165, 1.54) is 0 Å². The van der Waals surface area contributed by atoms with Gasteiger partial charge >= 0.3 is 6.01 Å². The Labute approximate surface area is 124 Å². The monoisotopic (exact) mass is 291 g/mol. The second kappa shape index (κ2) is 7.22. The highest BCUT2D eigenvalue weighted by Gasteiger charge is 2.05. The molecule has 0 fully saturated rings. The van der Waals surface area contributed by atoms with Gasteiger partial charge in [-0.15, -0.1) is 0 Å². The highest BCUT2D eigenvalue weighted by molar-refractivity contribution is 6.30. The number of halogens is 1. The van der Waals surface area contributed by atoms with Crippen molar-refractivity contribution in [2.45, 2.75) is 26.8 Å². The van der Waals surface area contributed by atoms with Crippen LogP contribution in [0.5, 0.6) is 11.8 Å². The van der Waals surface area contributed by atoms with Crippen molar-refractivity contribution in [3.05, 3.63) is 46.7 Å². The lowest BCUT2D eigenvalue weighted by Crippen LogP contribution is -2.15. The molecule has 20 heavy (non-hydrogen) atoms. The normalized spacial score (nSPS) is 10.6. The van der Waals surface area contributed by atoms with Gasteiger partial charge in [0.2, 0.25) is 0 Å². The van der Waals surface area contributed by atoms with Gasteiger partial charge in [0, 0.05) is 29.0 Å². The molecule has 0 saturated heterocycles. The Morgan fingerprint density at radius 3 is 2.65 bits per heavy atom. The fraction of sp³-hybridized carbons (Fsp3) is 0.333. The molecule has 4 nitrogen and oxygen atoms in total. The number of aryl methyl sites for hydroxylation is 1. The summed E-state index contributed by atoms with van der Waals surface area (Å²) in [5.74, 6) is 0.672. The van der Waals surface area contributed by atoms with Crippen LogP contribution in [-0.2, 0) is 6.54 Å². The largest absolute Gasteiger partial charge is 0.424 e. The molecule has 0 atom stereocenters. The first kappa shape index (κ1) is 14.8. The van der Waals surface area contributed by atoms with Crippen molar-refractivity contribution in [3.8, 4) is 11.8 Å². The van der Waals surface area contributed by atoms with Crippen LogP contribution in [0.4, 0.5) is 0 Å². The molecule has 0 aliphatic carbocycles. The van der Waals surface area contributed by atoms with Crippen molar-refractivity contribution < 1.29 is 4.74 Å². The van der Waals surface area contributed by atoms with Crippen molar-refractivity contribution in [3.63, 3.8) is 0 Å². The number of hydrogen-bond acceptors (Lipinski definition) is 4. The fourth-order valence-electron chi connectivity index (χ4n) is 1.70. The summed E-state index contributed by atoms with van der Waals surface area (Å²) >= 11 is 5.83. The summed E-state index contributed by atoms with van der Waals surface area (Å²) in [6.45, 7) is 5.86. The number of rotatable bonds is 6. The van der Waals surface area contributed by atoms with E-state index in [0.717, 1.165) is 30.8 Å². The molecule has 0 bridgehead atoms. The minimum atomic E-state index is 0.351. The number of benzene rings is 1. The van der Waals surface area contributed by atoms with Crippen LogP contribution in [0.2, 0.25) is 5.02 Å². The van der Waals surface area contributed by atoms with E-state index >= 15 is 0 Å². The van der Waals surface area contributed by atoms with Crippen LogP contribution in [0.1, 0.15) is 24.6 Å². The van der Waals surface area contributed by atoms with E-state index in [1.807, 2.05) is 6.92 Å². The molecule has 0 radical (unpaired) electrons. The van der Waals surface area contributed by atoms with E-state index < -0.39 is 0 Å². The van der Waals surface area contributed by atoms with Crippen LogP contribution in [0.25, 0.3) is 0 Å². The minimum absolute atomic E-state index is 0.351. The zero-order valence-corrected chi connectivity index (χ0v) is 12.4. The molecular weight excluding hydrogens is 274 g/mol. The lowest BCUT2D eigenvalue weighted by atomic mass is 10.2. The van der Waals surface area contributed by atoms with Crippen LogP contribution in [0.3, 0.4) is 0 Å². The Morgan fingerprint density at radius 1 is 1.25 bits per heavy atom. The first-order chi connectivity index (χ1) is 9.69. The van der Waals surface area contributed by atoms with Gasteiger partial charge in [-0.3, -0.25) is 0 Å². The number of nitrogens with one attached hydrogen (secondary N) is 1. The summed E-state index contributed by atoms with van der Waals surface area (Å²) in [6, 6.07) is 7.47. The maximum atomic E-state index is 5.83. The van der Waals surface area contributed by atoms with Crippen molar-refractivity contribution >= 4 is 11.6 Å². The Kier molecular flexibility index (Phi) is 5.32. The molecule has 2 aromatic rings. The molecule has 0 spiro atoms. The minimum Gasteiger partial charge on any atom is -0.424 e. The lowest BCUT2D eigenvalue weighted by Gasteiger charge is -2.08. The van der Waals surface area contributed by atoms with Gasteiger partial charge in [-0.05, 0) is 44.2 Å². The molecule has 0 aliphatic rings. The molecule has 1 aromatic heterocycles. The Balaban J connectivity index is 2.03. The van der Waals surface area contributed by atoms with Gasteiger partial charge in [-0.2, -0.15) is 4.98 Å². The topological polar surface area (TPSA) is 47.0 Å². The highest BCUT2D eigenvalue weighted by Crippen LogP contribution is 2.20. The van der Waals surface area contributed by atoms with Gasteiger partial charge in [0.25, 0.3) is 0 Å². The van der Waals surface area contributed by atoms with Crippen LogP contribution < -0.4 is 10.1 Å². The fourth-order valence-corrected chi connectivity index (χ4v) is 1.83. The summed E-state index contributed by atoms with van der Waals surface area (Å²) in [6.07, 6.45) is 2.91. The lowest BCUT2D eigenvalue weighted by molar-refractivity contribution is 0.439. The predicted octanol–water partition coefficient (Wildman–Crippen LogP) is 3.73. The van der Waals surface area contributed by atoms with Crippen LogP contribution in [-0.4, -0.2) is 16.5 Å². The molecule has 1 N–H and O–H groups in total. The third kappa shape index (κ3) is 4.18. The van der Waals surface area contributed by atoms with Crippen molar-refractivity contribution in [1.29, 1.82) is 0 Å². The smallest absolute Gasteiger partial charge is 0.322 e. The van der Waals surface area contributed by atoms with E-state index in [0.29, 0.717) is 16.8 Å². The maximum Gasteiger partial charge on any atom is 0.322 e. The molecule has 0 amide bonds. The molecule has 0 unspecified atom stereocenters. The molecule has 1 heterocycles. The number of aromatic nitrogens is 2. The average Bonchev–Trinajstić information content (AvgIpc) is 2.44. The second-order valence-corrected chi connectivity index (χ2v) is 4.93. The average molecular weight is 292 g/mol. The summed E-state index contributed by atoms with van der Waals surface area (Å²) < 4.78 is 5.59. The zero-order valence-electron chi connectivity index (χ0n) is 11.7. The standard InChI is InChI=1S/C15H18ClN3O/c1-3-8-17-9-12-10-18-15(19-11(12)2)20-14-6-4-13(16)5-7-14/h4-7,10,17H,3,8-9H2,1-2H3. The van der Waals surface area contributed by atoms with Crippen LogP contribution in [0, 0.1) is 6.92 Å². The van der Waals surface area contributed by atoms with Crippen molar-refractivity contribution in [1.82, 2.24) is 15.3 Å². The molecule has 0 aliphatic heterocycles. The van der Waals surface area contributed by atoms with Crippen molar-refractivity contribution in [2.75, 3.05) is 6.54 Å². The molecule has 5 heteroatoms. The summed E-state index contributed by atoms with van der Waals surface area (Å²) in [5, 5.41) is 4.01. The molecular formula is C15H18ClN3O. The highest BCUT2D eigenvalue weighted by atomic mass is 35.5. The van der Waals surface area contributed by atoms with E-state index in [1.54, 1.807) is 30.5 Å². The number of hydrogen-bond donors (Lipinski definition) is 1. The SMILES string of the molecule is CCCNCc1cnc(Oc2ccc(Cl)cc2)nc1C. The third-order valence-electron chi connectivity index (χ3n) is 2.82. The molecule has 0 saturated carbocycles. The van der Waals surface area contributed by atoms with Gasteiger partial charge in [0.15, 0.2) is 0 Å². The first-order valence-electron chi connectivity index (χ1n) is 6.65. The molecule has 2 rings (SSSR count). The van der Waals surface area contributed by atoms with E-state index in [2.05, 4.69) is 22.2 Å². The Bertz CT molecular complexity index is 558. The second-order valence-electron chi connectivity index (χ2n) is 4.50. The van der Waals surface area contributed by atoms with Gasteiger partial charge in [-0.25, -0.2) is 4.98 Å². The quantitative estimate of drug-likeness (QED) is 0.824. The number of ether oxygens (including phenoxy) is 1. The third-order valence-corrected chi connectivity index (χ3v) is 3.08. The summed E-state index contributed by atoms with van der Waals surface area (Å²) in [5.41, 5.74) is 2.01. The Morgan fingerprint density at radius 2 is 2.00 bits per heavy atom. The number of nitrogens with zero attached hydrogens (tertiary/aromatic N) is 2. The van der Waals surface area contributed by atoms with Gasteiger partial charge in [0.05, 0.1) is 0 Å². The van der Waals surface area contributed by atoms with E-state index in [4.69, 9.17) is 16.3 Å². The van der Waals surface area contributed by atoms with Crippen molar-refractivity contribution in [2.24, 2.45) is 0 Å². The van der Waals surface area contributed by atoms with Gasteiger partial charge in [-0.1, -0.05) is 18.5 Å². The van der Waals surface area contributed by atoms with Gasteiger partial charge in [0.1, 0.15) is 5.75 Å². The van der Waals surface area contributed by atoms with Crippen LogP contribution in [0.15, 0.2) is 30.5 Å². The molecule has 1 aromatic carbocycles. The first-order valence-corrected chi connectivity index (χ1v) is 7.03. The predicted molar refractivity (Wildman–Crippen MR) is 80.3 cm³/mol. The summed E-state index contributed by atoms with van der Waals surface area (Å²) in [4.78, 5) is 8.59.